The molecule has 1 rings (SSSR count). The summed E-state index contributed by atoms with van der Waals surface area (Å²) in [5.41, 5.74) is 1.07. The molecule has 1 aromatic carbocycles. The van der Waals surface area contributed by atoms with Crippen molar-refractivity contribution in [2.75, 3.05) is 12.4 Å². The number of nitrogens with one attached hydrogen (secondary N) is 3. The molecule has 0 aromatic heterocycles. The summed E-state index contributed by atoms with van der Waals surface area (Å²) in [6.45, 7) is 9.01. The van der Waals surface area contributed by atoms with Crippen LogP contribution in [-0.4, -0.2) is 30.6 Å². The summed E-state index contributed by atoms with van der Waals surface area (Å²) >= 11 is 6.05. The average molecular weight is 342 g/mol. The maximum Gasteiger partial charge on any atom is 0.321 e. The number of carbonyl (C=O) groups excluding carboxylic acids is 2. The van der Waals surface area contributed by atoms with Gasteiger partial charge in [0.1, 0.15) is 11.8 Å². The largest absolute Gasteiger partial charge is 0.495 e. The Kier molecular flexibility index (Phi) is 6.27. The third kappa shape index (κ3) is 5.98. The molecule has 0 heterocycles. The van der Waals surface area contributed by atoms with Crippen LogP contribution in [0, 0.1) is 6.92 Å². The molecule has 0 bridgehead atoms. The van der Waals surface area contributed by atoms with Crippen LogP contribution in [0.4, 0.5) is 10.5 Å². The van der Waals surface area contributed by atoms with Crippen molar-refractivity contribution in [2.45, 2.75) is 46.2 Å². The van der Waals surface area contributed by atoms with Crippen molar-refractivity contribution in [3.05, 3.63) is 22.7 Å². The molecule has 0 aliphatic heterocycles. The van der Waals surface area contributed by atoms with Crippen molar-refractivity contribution in [1.29, 1.82) is 0 Å². The molecule has 1 unspecified atom stereocenters. The van der Waals surface area contributed by atoms with Gasteiger partial charge in [-0.25, -0.2) is 4.79 Å². The first kappa shape index (κ1) is 19.1. The second-order valence-electron chi connectivity index (χ2n) is 6.36. The number of hydrogen-bond donors (Lipinski definition) is 3. The molecule has 3 amide bonds. The Bertz CT molecular complexity index is 597. The lowest BCUT2D eigenvalue weighted by Crippen LogP contribution is -2.51. The van der Waals surface area contributed by atoms with Gasteiger partial charge in [0.2, 0.25) is 5.91 Å². The molecule has 0 saturated heterocycles. The number of carbonyl (C=O) groups is 2. The van der Waals surface area contributed by atoms with Gasteiger partial charge in [-0.1, -0.05) is 11.6 Å². The normalized spacial score (nSPS) is 12.3. The van der Waals surface area contributed by atoms with Gasteiger partial charge in [-0.2, -0.15) is 0 Å². The van der Waals surface area contributed by atoms with Gasteiger partial charge in [-0.3, -0.25) is 10.1 Å². The molecule has 23 heavy (non-hydrogen) atoms. The zero-order valence-corrected chi connectivity index (χ0v) is 15.1. The van der Waals surface area contributed by atoms with Crippen molar-refractivity contribution in [3.63, 3.8) is 0 Å². The Morgan fingerprint density at radius 3 is 2.39 bits per heavy atom. The average Bonchev–Trinajstić information content (AvgIpc) is 2.40. The zero-order valence-electron chi connectivity index (χ0n) is 14.3. The van der Waals surface area contributed by atoms with E-state index in [1.807, 2.05) is 27.7 Å². The summed E-state index contributed by atoms with van der Waals surface area (Å²) in [7, 11) is 1.52. The summed E-state index contributed by atoms with van der Waals surface area (Å²) in [5, 5.41) is 8.57. The van der Waals surface area contributed by atoms with Crippen LogP contribution in [0.25, 0.3) is 0 Å². The lowest BCUT2D eigenvalue weighted by atomic mass is 10.1. The van der Waals surface area contributed by atoms with E-state index in [1.54, 1.807) is 19.1 Å². The molecule has 0 saturated carbocycles. The van der Waals surface area contributed by atoms with E-state index in [1.165, 1.54) is 7.11 Å². The summed E-state index contributed by atoms with van der Waals surface area (Å²) in [5.74, 6) is 0.0841. The fourth-order valence-corrected chi connectivity index (χ4v) is 1.99. The van der Waals surface area contributed by atoms with Crippen LogP contribution in [0.5, 0.6) is 5.75 Å². The maximum absolute atomic E-state index is 12.1. The first-order valence-electron chi connectivity index (χ1n) is 7.27. The molecule has 1 aromatic rings. The minimum Gasteiger partial charge on any atom is -0.495 e. The highest BCUT2D eigenvalue weighted by Gasteiger charge is 2.20. The number of aryl methyl sites for hydroxylation is 1. The summed E-state index contributed by atoms with van der Waals surface area (Å²) < 4.78 is 5.25. The van der Waals surface area contributed by atoms with Crippen LogP contribution in [0.3, 0.4) is 0 Å². The molecular formula is C16H24ClN3O3. The van der Waals surface area contributed by atoms with Crippen molar-refractivity contribution < 1.29 is 14.3 Å². The van der Waals surface area contributed by atoms with E-state index in [9.17, 15) is 9.59 Å². The van der Waals surface area contributed by atoms with Gasteiger partial charge >= 0.3 is 6.03 Å². The Morgan fingerprint density at radius 2 is 1.87 bits per heavy atom. The molecule has 0 spiro atoms. The number of rotatable bonds is 4. The maximum atomic E-state index is 12.1. The quantitative estimate of drug-likeness (QED) is 0.786. The van der Waals surface area contributed by atoms with Gasteiger partial charge in [0.25, 0.3) is 0 Å². The molecule has 3 N–H and O–H groups in total. The van der Waals surface area contributed by atoms with E-state index in [0.29, 0.717) is 16.5 Å². The van der Waals surface area contributed by atoms with Gasteiger partial charge in [0, 0.05) is 16.6 Å². The van der Waals surface area contributed by atoms with Crippen LogP contribution in [0.1, 0.15) is 33.3 Å². The van der Waals surface area contributed by atoms with Crippen LogP contribution in [-0.2, 0) is 4.79 Å². The molecule has 0 aliphatic rings. The van der Waals surface area contributed by atoms with Crippen molar-refractivity contribution in [3.8, 4) is 5.75 Å². The van der Waals surface area contributed by atoms with Gasteiger partial charge in [0.15, 0.2) is 0 Å². The van der Waals surface area contributed by atoms with Gasteiger partial charge in [0.05, 0.1) is 12.8 Å². The number of anilines is 1. The summed E-state index contributed by atoms with van der Waals surface area (Å²) in [6.07, 6.45) is 0. The van der Waals surface area contributed by atoms with E-state index in [0.717, 1.165) is 5.56 Å². The first-order valence-corrected chi connectivity index (χ1v) is 7.65. The molecule has 128 valence electrons. The Balaban J connectivity index is 2.76. The van der Waals surface area contributed by atoms with E-state index in [-0.39, 0.29) is 0 Å². The molecule has 1 atom stereocenters. The van der Waals surface area contributed by atoms with E-state index in [4.69, 9.17) is 16.3 Å². The molecular weight excluding hydrogens is 318 g/mol. The van der Waals surface area contributed by atoms with Crippen LogP contribution in [0.2, 0.25) is 5.02 Å². The van der Waals surface area contributed by atoms with Gasteiger partial charge in [-0.15, -0.1) is 0 Å². The number of methoxy groups -OCH3 is 1. The monoisotopic (exact) mass is 341 g/mol. The molecule has 0 aliphatic carbocycles. The number of urea groups is 1. The molecule has 6 nitrogen and oxygen atoms in total. The molecule has 7 heteroatoms. The van der Waals surface area contributed by atoms with Crippen LogP contribution >= 0.6 is 11.6 Å². The van der Waals surface area contributed by atoms with E-state index < -0.39 is 23.5 Å². The minimum atomic E-state index is -0.629. The second-order valence-corrected chi connectivity index (χ2v) is 6.77. The molecule has 0 fully saturated rings. The van der Waals surface area contributed by atoms with E-state index >= 15 is 0 Å². The second kappa shape index (κ2) is 7.55. The number of imide groups is 1. The number of amides is 3. The fourth-order valence-electron chi connectivity index (χ4n) is 1.84. The standard InChI is InChI=1S/C16H24ClN3O3/c1-9-7-12(13(23-6)8-11(9)17)18-10(2)14(21)19-15(22)20-16(3,4)5/h7-8,10,18H,1-6H3,(H2,19,20,21,22). The lowest BCUT2D eigenvalue weighted by Gasteiger charge is -2.22. The van der Waals surface area contributed by atoms with Gasteiger partial charge in [-0.05, 0) is 46.2 Å². The fraction of sp³-hybridized carbons (Fsp3) is 0.500. The SMILES string of the molecule is COc1cc(Cl)c(C)cc1NC(C)C(=O)NC(=O)NC(C)(C)C. The van der Waals surface area contributed by atoms with Crippen LogP contribution in [0.15, 0.2) is 12.1 Å². The number of hydrogen-bond acceptors (Lipinski definition) is 4. The van der Waals surface area contributed by atoms with Crippen molar-refractivity contribution in [1.82, 2.24) is 10.6 Å². The molecule has 0 radical (unpaired) electrons. The Hall–Kier alpha value is -1.95. The smallest absolute Gasteiger partial charge is 0.321 e. The number of benzene rings is 1. The highest BCUT2D eigenvalue weighted by Crippen LogP contribution is 2.31. The Morgan fingerprint density at radius 1 is 1.26 bits per heavy atom. The van der Waals surface area contributed by atoms with Crippen LogP contribution < -0.4 is 20.7 Å². The summed E-state index contributed by atoms with van der Waals surface area (Å²) in [6, 6.07) is 2.31. The van der Waals surface area contributed by atoms with Gasteiger partial charge < -0.3 is 15.4 Å². The Labute approximate surface area is 141 Å². The predicted molar refractivity (Wildman–Crippen MR) is 92.3 cm³/mol. The number of halogens is 1. The van der Waals surface area contributed by atoms with Crippen molar-refractivity contribution >= 4 is 29.2 Å². The zero-order chi connectivity index (χ0) is 17.8. The third-order valence-electron chi connectivity index (χ3n) is 2.97. The highest BCUT2D eigenvalue weighted by molar-refractivity contribution is 6.31. The topological polar surface area (TPSA) is 79.5 Å². The highest BCUT2D eigenvalue weighted by atomic mass is 35.5. The predicted octanol–water partition coefficient (Wildman–Crippen LogP) is 3.08. The lowest BCUT2D eigenvalue weighted by molar-refractivity contribution is -0.120. The first-order chi connectivity index (χ1) is 10.5. The number of ether oxygens (including phenoxy) is 1. The summed E-state index contributed by atoms with van der Waals surface area (Å²) in [4.78, 5) is 23.8. The van der Waals surface area contributed by atoms with Crippen molar-refractivity contribution in [2.24, 2.45) is 0 Å². The van der Waals surface area contributed by atoms with E-state index in [2.05, 4.69) is 16.0 Å². The minimum absolute atomic E-state index is 0.419. The third-order valence-corrected chi connectivity index (χ3v) is 3.38.